The lowest BCUT2D eigenvalue weighted by atomic mass is 9.88. The average molecular weight is 262 g/mol. The van der Waals surface area contributed by atoms with Gasteiger partial charge < -0.3 is 15.7 Å². The number of carbonyl (C=O) groups is 2. The summed E-state index contributed by atoms with van der Waals surface area (Å²) in [4.78, 5) is 23.1. The van der Waals surface area contributed by atoms with Crippen LogP contribution in [0.15, 0.2) is 18.2 Å². The van der Waals surface area contributed by atoms with Crippen LogP contribution in [-0.2, 0) is 4.79 Å². The predicted octanol–water partition coefficient (Wildman–Crippen LogP) is 1.49. The Morgan fingerprint density at radius 3 is 2.63 bits per heavy atom. The number of carbonyl (C=O) groups excluding carboxylic acids is 1. The third-order valence-electron chi connectivity index (χ3n) is 3.76. The number of aromatic carboxylic acids is 1. The van der Waals surface area contributed by atoms with Crippen LogP contribution in [0.3, 0.4) is 0 Å². The van der Waals surface area contributed by atoms with Crippen molar-refractivity contribution in [1.29, 1.82) is 0 Å². The van der Waals surface area contributed by atoms with Gasteiger partial charge in [0, 0.05) is 11.6 Å². The molecule has 1 heterocycles. The van der Waals surface area contributed by atoms with Crippen LogP contribution in [0.5, 0.6) is 0 Å². The number of nitrogens with one attached hydrogen (secondary N) is 2. The van der Waals surface area contributed by atoms with Crippen molar-refractivity contribution in [2.24, 2.45) is 11.8 Å². The highest BCUT2D eigenvalue weighted by atomic mass is 16.4. The molecule has 0 radical (unpaired) electrons. The van der Waals surface area contributed by atoms with Gasteiger partial charge in [-0.3, -0.25) is 4.79 Å². The molecule has 1 aromatic carbocycles. The van der Waals surface area contributed by atoms with E-state index >= 15 is 0 Å². The van der Waals surface area contributed by atoms with Gasteiger partial charge in [-0.1, -0.05) is 13.0 Å². The first-order valence-electron chi connectivity index (χ1n) is 6.35. The topological polar surface area (TPSA) is 78.4 Å². The zero-order valence-electron chi connectivity index (χ0n) is 11.1. The molecule has 19 heavy (non-hydrogen) atoms. The van der Waals surface area contributed by atoms with E-state index in [2.05, 4.69) is 10.6 Å². The standard InChI is InChI=1S/C14H18N2O3/c1-8(10-6-15-7-10)13(17)16-12-5-3-4-11(9(12)2)14(18)19/h3-5,8,10,15H,6-7H2,1-2H3,(H,16,17)(H,18,19). The van der Waals surface area contributed by atoms with Gasteiger partial charge in [-0.2, -0.15) is 0 Å². The van der Waals surface area contributed by atoms with E-state index in [1.165, 1.54) is 6.07 Å². The maximum atomic E-state index is 12.1. The molecular formula is C14H18N2O3. The summed E-state index contributed by atoms with van der Waals surface area (Å²) in [5, 5.41) is 15.0. The summed E-state index contributed by atoms with van der Waals surface area (Å²) in [6, 6.07) is 4.90. The fourth-order valence-electron chi connectivity index (χ4n) is 2.13. The molecule has 5 nitrogen and oxygen atoms in total. The largest absolute Gasteiger partial charge is 0.478 e. The molecule has 1 saturated heterocycles. The predicted molar refractivity (Wildman–Crippen MR) is 72.3 cm³/mol. The van der Waals surface area contributed by atoms with Gasteiger partial charge in [-0.15, -0.1) is 0 Å². The van der Waals surface area contributed by atoms with E-state index in [1.54, 1.807) is 19.1 Å². The number of carboxylic acids is 1. The van der Waals surface area contributed by atoms with Crippen molar-refractivity contribution in [3.63, 3.8) is 0 Å². The quantitative estimate of drug-likeness (QED) is 0.768. The van der Waals surface area contributed by atoms with Crippen LogP contribution in [0, 0.1) is 18.8 Å². The Hall–Kier alpha value is -1.88. The van der Waals surface area contributed by atoms with Gasteiger partial charge in [-0.05, 0) is 43.6 Å². The van der Waals surface area contributed by atoms with Crippen molar-refractivity contribution in [2.45, 2.75) is 13.8 Å². The number of carboxylic acid groups (broad SMARTS) is 1. The summed E-state index contributed by atoms with van der Waals surface area (Å²) in [7, 11) is 0. The monoisotopic (exact) mass is 262 g/mol. The normalized spacial score (nSPS) is 16.5. The van der Waals surface area contributed by atoms with Crippen molar-refractivity contribution in [1.82, 2.24) is 5.32 Å². The lowest BCUT2D eigenvalue weighted by molar-refractivity contribution is -0.121. The van der Waals surface area contributed by atoms with E-state index in [0.29, 0.717) is 17.2 Å². The lowest BCUT2D eigenvalue weighted by Crippen LogP contribution is -2.48. The van der Waals surface area contributed by atoms with Crippen molar-refractivity contribution in [3.05, 3.63) is 29.3 Å². The number of hydrogen-bond acceptors (Lipinski definition) is 3. The number of amides is 1. The first kappa shape index (κ1) is 13.5. The van der Waals surface area contributed by atoms with Crippen LogP contribution < -0.4 is 10.6 Å². The van der Waals surface area contributed by atoms with Crippen LogP contribution in [0.1, 0.15) is 22.8 Å². The van der Waals surface area contributed by atoms with Crippen molar-refractivity contribution in [3.8, 4) is 0 Å². The van der Waals surface area contributed by atoms with Crippen molar-refractivity contribution >= 4 is 17.6 Å². The highest BCUT2D eigenvalue weighted by molar-refractivity contribution is 5.96. The summed E-state index contributed by atoms with van der Waals surface area (Å²) < 4.78 is 0. The number of rotatable bonds is 4. The van der Waals surface area contributed by atoms with Crippen LogP contribution in [0.4, 0.5) is 5.69 Å². The summed E-state index contributed by atoms with van der Waals surface area (Å²) >= 11 is 0. The Balaban J connectivity index is 2.12. The lowest BCUT2D eigenvalue weighted by Gasteiger charge is -2.31. The molecule has 1 aromatic rings. The maximum absolute atomic E-state index is 12.1. The van der Waals surface area contributed by atoms with Gasteiger partial charge in [0.05, 0.1) is 5.56 Å². The smallest absolute Gasteiger partial charge is 0.336 e. The molecule has 1 amide bonds. The van der Waals surface area contributed by atoms with Gasteiger partial charge >= 0.3 is 5.97 Å². The van der Waals surface area contributed by atoms with E-state index < -0.39 is 5.97 Å². The zero-order chi connectivity index (χ0) is 14.0. The molecule has 0 bridgehead atoms. The number of hydrogen-bond donors (Lipinski definition) is 3. The molecule has 1 aliphatic rings. The molecule has 3 N–H and O–H groups in total. The van der Waals surface area contributed by atoms with E-state index in [-0.39, 0.29) is 17.4 Å². The molecule has 0 aliphatic carbocycles. The summed E-state index contributed by atoms with van der Waals surface area (Å²) in [5.74, 6) is -0.751. The number of benzene rings is 1. The van der Waals surface area contributed by atoms with Crippen LogP contribution in [-0.4, -0.2) is 30.1 Å². The van der Waals surface area contributed by atoms with Crippen LogP contribution in [0.25, 0.3) is 0 Å². The molecule has 2 rings (SSSR count). The molecule has 0 aromatic heterocycles. The molecule has 1 fully saturated rings. The van der Waals surface area contributed by atoms with Crippen LogP contribution in [0.2, 0.25) is 0 Å². The van der Waals surface area contributed by atoms with Gasteiger partial charge in [0.25, 0.3) is 0 Å². The van der Waals surface area contributed by atoms with Gasteiger partial charge in [0.15, 0.2) is 0 Å². The second-order valence-electron chi connectivity index (χ2n) is 4.98. The SMILES string of the molecule is Cc1c(NC(=O)C(C)C2CNC2)cccc1C(=O)O. The van der Waals surface area contributed by atoms with E-state index in [0.717, 1.165) is 13.1 Å². The summed E-state index contributed by atoms with van der Waals surface area (Å²) in [6.45, 7) is 5.33. The molecule has 0 saturated carbocycles. The molecule has 1 unspecified atom stereocenters. The van der Waals surface area contributed by atoms with Gasteiger partial charge in [0.2, 0.25) is 5.91 Å². The molecule has 0 spiro atoms. The number of anilines is 1. The third kappa shape index (κ3) is 2.76. The first-order chi connectivity index (χ1) is 9.00. The Morgan fingerprint density at radius 1 is 1.42 bits per heavy atom. The molecule has 1 aliphatic heterocycles. The summed E-state index contributed by atoms with van der Waals surface area (Å²) in [5.41, 5.74) is 1.38. The first-order valence-corrected chi connectivity index (χ1v) is 6.35. The molecule has 102 valence electrons. The molecule has 1 atom stereocenters. The second-order valence-corrected chi connectivity index (χ2v) is 4.98. The third-order valence-corrected chi connectivity index (χ3v) is 3.76. The van der Waals surface area contributed by atoms with E-state index in [9.17, 15) is 9.59 Å². The van der Waals surface area contributed by atoms with Gasteiger partial charge in [0.1, 0.15) is 0 Å². The Bertz CT molecular complexity index is 509. The van der Waals surface area contributed by atoms with Crippen molar-refractivity contribution < 1.29 is 14.7 Å². The minimum absolute atomic E-state index is 0.0582. The fraction of sp³-hybridized carbons (Fsp3) is 0.429. The molecule has 5 heteroatoms. The van der Waals surface area contributed by atoms with Crippen molar-refractivity contribution in [2.75, 3.05) is 18.4 Å². The average Bonchev–Trinajstić information content (AvgIpc) is 2.29. The fourth-order valence-corrected chi connectivity index (χ4v) is 2.13. The van der Waals surface area contributed by atoms with Crippen LogP contribution >= 0.6 is 0 Å². The highest BCUT2D eigenvalue weighted by Gasteiger charge is 2.29. The summed E-state index contributed by atoms with van der Waals surface area (Å²) in [6.07, 6.45) is 0. The van der Waals surface area contributed by atoms with Gasteiger partial charge in [-0.25, -0.2) is 4.79 Å². The van der Waals surface area contributed by atoms with E-state index in [4.69, 9.17) is 5.11 Å². The Labute approximate surface area is 112 Å². The maximum Gasteiger partial charge on any atom is 0.336 e. The Morgan fingerprint density at radius 2 is 2.11 bits per heavy atom. The minimum atomic E-state index is -0.982. The minimum Gasteiger partial charge on any atom is -0.478 e. The van der Waals surface area contributed by atoms with E-state index in [1.807, 2.05) is 6.92 Å². The zero-order valence-corrected chi connectivity index (χ0v) is 11.1. The highest BCUT2D eigenvalue weighted by Crippen LogP contribution is 2.22. The Kier molecular flexibility index (Phi) is 3.85. The second kappa shape index (κ2) is 5.40. The molecular weight excluding hydrogens is 244 g/mol.